The Morgan fingerprint density at radius 2 is 2.00 bits per heavy atom. The number of anilines is 1. The summed E-state index contributed by atoms with van der Waals surface area (Å²) in [6.07, 6.45) is 0. The summed E-state index contributed by atoms with van der Waals surface area (Å²) in [7, 11) is 0. The Bertz CT molecular complexity index is 673. The number of phenolic OH excluding ortho intramolecular Hbond substituents is 1. The Hall–Kier alpha value is -2.07. The van der Waals surface area contributed by atoms with Crippen LogP contribution >= 0.6 is 11.6 Å². The zero-order valence-electron chi connectivity index (χ0n) is 11.6. The van der Waals surface area contributed by atoms with Gasteiger partial charge in [-0.25, -0.2) is 0 Å². The molecule has 0 radical (unpaired) electrons. The maximum atomic E-state index is 9.52. The maximum Gasteiger partial charge on any atom is 0.179 e. The average Bonchev–Trinajstić information content (AvgIpc) is 2.49. The predicted octanol–water partition coefficient (Wildman–Crippen LogP) is 3.74. The highest BCUT2D eigenvalue weighted by atomic mass is 35.5. The van der Waals surface area contributed by atoms with Crippen molar-refractivity contribution >= 4 is 17.3 Å². The number of hydrogen-bond donors (Lipinski definition) is 2. The molecule has 0 fully saturated rings. The number of rotatable bonds is 3. The lowest BCUT2D eigenvalue weighted by molar-refractivity contribution is 0.171. The van der Waals surface area contributed by atoms with Gasteiger partial charge in [-0.05, 0) is 48.4 Å². The zero-order valence-corrected chi connectivity index (χ0v) is 12.4. The molecule has 110 valence electrons. The van der Waals surface area contributed by atoms with Gasteiger partial charge in [0.1, 0.15) is 19.0 Å². The van der Waals surface area contributed by atoms with Crippen molar-refractivity contribution in [2.24, 2.45) is 0 Å². The Kier molecular flexibility index (Phi) is 3.80. The van der Waals surface area contributed by atoms with Crippen LogP contribution in [0.4, 0.5) is 5.69 Å². The molecule has 5 heteroatoms. The number of benzene rings is 2. The number of nitrogens with one attached hydrogen (secondary N) is 1. The quantitative estimate of drug-likeness (QED) is 0.848. The third-order valence-corrected chi connectivity index (χ3v) is 3.63. The number of halogens is 1. The van der Waals surface area contributed by atoms with E-state index in [0.29, 0.717) is 42.0 Å². The van der Waals surface area contributed by atoms with Crippen molar-refractivity contribution in [3.05, 3.63) is 46.5 Å². The van der Waals surface area contributed by atoms with E-state index >= 15 is 0 Å². The average molecular weight is 306 g/mol. The molecular weight excluding hydrogens is 290 g/mol. The zero-order chi connectivity index (χ0) is 14.8. The summed E-state index contributed by atoms with van der Waals surface area (Å²) in [6.45, 7) is 3.54. The minimum atomic E-state index is 0.294. The highest BCUT2D eigenvalue weighted by molar-refractivity contribution is 6.32. The topological polar surface area (TPSA) is 50.7 Å². The number of ether oxygens (including phenoxy) is 2. The SMILES string of the molecule is Cc1cc(NCc2cc(Cl)c3c(c2)OCCO3)ccc1O. The Labute approximate surface area is 128 Å². The first-order chi connectivity index (χ1) is 10.1. The fourth-order valence-corrected chi connectivity index (χ4v) is 2.52. The number of fused-ring (bicyclic) bond motifs is 1. The van der Waals surface area contributed by atoms with Crippen LogP contribution in [0.25, 0.3) is 0 Å². The van der Waals surface area contributed by atoms with Gasteiger partial charge in [-0.1, -0.05) is 11.6 Å². The van der Waals surface area contributed by atoms with E-state index in [0.717, 1.165) is 16.8 Å². The molecule has 0 bridgehead atoms. The molecule has 0 unspecified atom stereocenters. The Morgan fingerprint density at radius 1 is 1.19 bits per heavy atom. The molecule has 0 spiro atoms. The monoisotopic (exact) mass is 305 g/mol. The van der Waals surface area contributed by atoms with Gasteiger partial charge in [0.05, 0.1) is 5.02 Å². The molecular formula is C16H16ClNO3. The fraction of sp³-hybridized carbons (Fsp3) is 0.250. The Balaban J connectivity index is 1.76. The van der Waals surface area contributed by atoms with Crippen LogP contribution in [0.1, 0.15) is 11.1 Å². The number of phenols is 1. The smallest absolute Gasteiger partial charge is 0.179 e. The van der Waals surface area contributed by atoms with E-state index < -0.39 is 0 Å². The second-order valence-electron chi connectivity index (χ2n) is 4.96. The summed E-state index contributed by atoms with van der Waals surface area (Å²) in [5.41, 5.74) is 2.78. The van der Waals surface area contributed by atoms with Gasteiger partial charge < -0.3 is 19.9 Å². The molecule has 3 rings (SSSR count). The van der Waals surface area contributed by atoms with Gasteiger partial charge in [-0.2, -0.15) is 0 Å². The van der Waals surface area contributed by atoms with Crippen LogP contribution in [0.2, 0.25) is 5.02 Å². The van der Waals surface area contributed by atoms with Gasteiger partial charge in [0, 0.05) is 12.2 Å². The van der Waals surface area contributed by atoms with E-state index in [1.54, 1.807) is 6.07 Å². The van der Waals surface area contributed by atoms with Crippen LogP contribution in [0.15, 0.2) is 30.3 Å². The summed E-state index contributed by atoms with van der Waals surface area (Å²) in [5.74, 6) is 1.60. The van der Waals surface area contributed by atoms with Crippen LogP contribution in [0.3, 0.4) is 0 Å². The summed E-state index contributed by atoms with van der Waals surface area (Å²) >= 11 is 6.21. The molecule has 0 amide bonds. The third kappa shape index (κ3) is 3.00. The molecule has 4 nitrogen and oxygen atoms in total. The summed E-state index contributed by atoms with van der Waals surface area (Å²) in [6, 6.07) is 9.21. The van der Waals surface area contributed by atoms with Crippen LogP contribution in [-0.2, 0) is 6.54 Å². The molecule has 0 aliphatic carbocycles. The van der Waals surface area contributed by atoms with Gasteiger partial charge in [0.25, 0.3) is 0 Å². The van der Waals surface area contributed by atoms with E-state index in [-0.39, 0.29) is 0 Å². The minimum Gasteiger partial charge on any atom is -0.508 e. The van der Waals surface area contributed by atoms with Crippen LogP contribution in [-0.4, -0.2) is 18.3 Å². The van der Waals surface area contributed by atoms with Crippen molar-refractivity contribution in [3.8, 4) is 17.2 Å². The van der Waals surface area contributed by atoms with Crippen molar-refractivity contribution in [3.63, 3.8) is 0 Å². The van der Waals surface area contributed by atoms with Crippen molar-refractivity contribution < 1.29 is 14.6 Å². The molecule has 2 aromatic rings. The second kappa shape index (κ2) is 5.74. The fourth-order valence-electron chi connectivity index (χ4n) is 2.24. The molecule has 0 atom stereocenters. The van der Waals surface area contributed by atoms with Crippen LogP contribution in [0, 0.1) is 6.92 Å². The van der Waals surface area contributed by atoms with E-state index in [4.69, 9.17) is 21.1 Å². The summed E-state index contributed by atoms with van der Waals surface area (Å²) in [5, 5.41) is 13.4. The normalized spacial score (nSPS) is 13.0. The van der Waals surface area contributed by atoms with E-state index in [1.807, 2.05) is 31.2 Å². The highest BCUT2D eigenvalue weighted by Crippen LogP contribution is 2.38. The van der Waals surface area contributed by atoms with Crippen LogP contribution < -0.4 is 14.8 Å². The van der Waals surface area contributed by atoms with E-state index in [2.05, 4.69) is 5.32 Å². The number of hydrogen-bond acceptors (Lipinski definition) is 4. The first-order valence-corrected chi connectivity index (χ1v) is 7.13. The molecule has 0 saturated heterocycles. The van der Waals surface area contributed by atoms with Gasteiger partial charge in [-0.15, -0.1) is 0 Å². The summed E-state index contributed by atoms with van der Waals surface area (Å²) in [4.78, 5) is 0. The van der Waals surface area contributed by atoms with E-state index in [9.17, 15) is 5.11 Å². The molecule has 1 heterocycles. The highest BCUT2D eigenvalue weighted by Gasteiger charge is 2.16. The lowest BCUT2D eigenvalue weighted by atomic mass is 10.1. The van der Waals surface area contributed by atoms with Crippen molar-refractivity contribution in [2.45, 2.75) is 13.5 Å². The standard InChI is InChI=1S/C16H16ClNO3/c1-10-6-12(2-3-14(10)19)18-9-11-7-13(17)16-15(8-11)20-4-5-21-16/h2-3,6-8,18-19H,4-5,9H2,1H3. The lowest BCUT2D eigenvalue weighted by Crippen LogP contribution is -2.16. The van der Waals surface area contributed by atoms with Crippen LogP contribution in [0.5, 0.6) is 17.2 Å². The maximum absolute atomic E-state index is 9.52. The van der Waals surface area contributed by atoms with Crippen molar-refractivity contribution in [1.29, 1.82) is 0 Å². The molecule has 2 N–H and O–H groups in total. The van der Waals surface area contributed by atoms with Gasteiger partial charge in [-0.3, -0.25) is 0 Å². The van der Waals surface area contributed by atoms with Gasteiger partial charge in [0.15, 0.2) is 11.5 Å². The minimum absolute atomic E-state index is 0.294. The molecule has 1 aliphatic heterocycles. The third-order valence-electron chi connectivity index (χ3n) is 3.35. The Morgan fingerprint density at radius 3 is 2.81 bits per heavy atom. The van der Waals surface area contributed by atoms with Crippen molar-refractivity contribution in [2.75, 3.05) is 18.5 Å². The molecule has 0 saturated carbocycles. The molecule has 21 heavy (non-hydrogen) atoms. The second-order valence-corrected chi connectivity index (χ2v) is 5.36. The molecule has 2 aromatic carbocycles. The predicted molar refractivity (Wildman–Crippen MR) is 82.6 cm³/mol. The molecule has 1 aliphatic rings. The summed E-state index contributed by atoms with van der Waals surface area (Å²) < 4.78 is 11.1. The lowest BCUT2D eigenvalue weighted by Gasteiger charge is -2.20. The molecule has 0 aromatic heterocycles. The van der Waals surface area contributed by atoms with Crippen molar-refractivity contribution in [1.82, 2.24) is 0 Å². The first kappa shape index (κ1) is 13.9. The first-order valence-electron chi connectivity index (χ1n) is 6.75. The van der Waals surface area contributed by atoms with Gasteiger partial charge in [0.2, 0.25) is 0 Å². The number of aromatic hydroxyl groups is 1. The van der Waals surface area contributed by atoms with Gasteiger partial charge >= 0.3 is 0 Å². The largest absolute Gasteiger partial charge is 0.508 e. The van der Waals surface area contributed by atoms with E-state index in [1.165, 1.54) is 0 Å². The number of aryl methyl sites for hydroxylation is 1.